The molecule has 0 aliphatic rings. The van der Waals surface area contributed by atoms with Crippen LogP contribution >= 0.6 is 11.8 Å². The van der Waals surface area contributed by atoms with E-state index >= 15 is 0 Å². The van der Waals surface area contributed by atoms with Crippen molar-refractivity contribution in [1.29, 1.82) is 0 Å². The number of aromatic nitrogens is 2. The molecule has 6 N–H and O–H groups in total. The molecule has 7 nitrogen and oxygen atoms in total. The maximum Gasteiger partial charge on any atom is 0.327 e. The van der Waals surface area contributed by atoms with E-state index < -0.39 is 5.97 Å². The van der Waals surface area contributed by atoms with E-state index in [0.717, 1.165) is 16.2 Å². The first-order valence-electron chi connectivity index (χ1n) is 5.22. The standard InChI is InChI=1S/C10H13N5O2S/c11-6-1-2-7-8(5-6)14-10(13-7)18-4-3-9(16)17-15-12/h1-2,5,15H,3-4,11-12H2,(H,13,14). The van der Waals surface area contributed by atoms with Crippen molar-refractivity contribution in [1.82, 2.24) is 15.6 Å². The highest BCUT2D eigenvalue weighted by molar-refractivity contribution is 7.99. The van der Waals surface area contributed by atoms with Crippen molar-refractivity contribution in [3.8, 4) is 0 Å². The normalized spacial score (nSPS) is 10.7. The highest BCUT2D eigenvalue weighted by Crippen LogP contribution is 2.21. The molecule has 0 unspecified atom stereocenters. The third-order valence-electron chi connectivity index (χ3n) is 2.20. The summed E-state index contributed by atoms with van der Waals surface area (Å²) in [5.41, 5.74) is 9.92. The summed E-state index contributed by atoms with van der Waals surface area (Å²) in [6.45, 7) is 0. The number of nitrogens with zero attached hydrogens (tertiary/aromatic N) is 1. The first kappa shape index (κ1) is 12.7. The molecule has 0 atom stereocenters. The second kappa shape index (κ2) is 5.71. The number of nitrogen functional groups attached to an aromatic ring is 1. The van der Waals surface area contributed by atoms with Gasteiger partial charge in [-0.3, -0.25) is 4.79 Å². The van der Waals surface area contributed by atoms with Gasteiger partial charge < -0.3 is 15.6 Å². The molecule has 2 rings (SSSR count). The van der Waals surface area contributed by atoms with Gasteiger partial charge in [-0.05, 0) is 18.2 Å². The van der Waals surface area contributed by atoms with Crippen LogP contribution in [0.3, 0.4) is 0 Å². The molecule has 1 heterocycles. The zero-order chi connectivity index (χ0) is 13.0. The molecule has 0 radical (unpaired) electrons. The number of anilines is 1. The minimum absolute atomic E-state index is 0.244. The van der Waals surface area contributed by atoms with Crippen LogP contribution < -0.4 is 17.2 Å². The maximum absolute atomic E-state index is 11.0. The van der Waals surface area contributed by atoms with E-state index in [9.17, 15) is 4.79 Å². The van der Waals surface area contributed by atoms with Crippen LogP contribution in [0.5, 0.6) is 0 Å². The number of carbonyl (C=O) groups is 1. The summed E-state index contributed by atoms with van der Waals surface area (Å²) in [7, 11) is 0. The van der Waals surface area contributed by atoms with Crippen molar-refractivity contribution in [3.05, 3.63) is 18.2 Å². The molecular weight excluding hydrogens is 254 g/mol. The molecule has 0 aliphatic carbocycles. The zero-order valence-corrected chi connectivity index (χ0v) is 10.3. The summed E-state index contributed by atoms with van der Waals surface area (Å²) in [6, 6.07) is 5.46. The Bertz CT molecular complexity index is 556. The van der Waals surface area contributed by atoms with E-state index in [1.807, 2.05) is 17.7 Å². The molecule has 1 aromatic heterocycles. The molecule has 0 fully saturated rings. The largest absolute Gasteiger partial charge is 0.399 e. The van der Waals surface area contributed by atoms with Crippen molar-refractivity contribution in [2.24, 2.45) is 5.84 Å². The lowest BCUT2D eigenvalue weighted by atomic mass is 10.3. The van der Waals surface area contributed by atoms with Crippen molar-refractivity contribution >= 4 is 34.5 Å². The fourth-order valence-electron chi connectivity index (χ4n) is 1.42. The number of hydrogen-bond acceptors (Lipinski definition) is 7. The number of carbonyl (C=O) groups excluding carboxylic acids is 1. The van der Waals surface area contributed by atoms with Crippen molar-refractivity contribution in [3.63, 3.8) is 0 Å². The lowest BCUT2D eigenvalue weighted by Gasteiger charge is -1.99. The van der Waals surface area contributed by atoms with Crippen LogP contribution in [0.1, 0.15) is 6.42 Å². The van der Waals surface area contributed by atoms with Gasteiger partial charge in [0.25, 0.3) is 0 Å². The van der Waals surface area contributed by atoms with E-state index in [1.165, 1.54) is 11.8 Å². The average molecular weight is 267 g/mol. The minimum atomic E-state index is -0.412. The van der Waals surface area contributed by atoms with Gasteiger partial charge in [0.05, 0.1) is 17.5 Å². The van der Waals surface area contributed by atoms with Crippen molar-refractivity contribution in [2.75, 3.05) is 11.5 Å². The smallest absolute Gasteiger partial charge is 0.327 e. The Morgan fingerprint density at radius 1 is 1.56 bits per heavy atom. The molecule has 0 saturated carbocycles. The molecule has 1 aromatic carbocycles. The predicted octanol–water partition coefficient (Wildman–Crippen LogP) is 0.549. The van der Waals surface area contributed by atoms with Crippen LogP contribution in [0.4, 0.5) is 5.69 Å². The average Bonchev–Trinajstić information content (AvgIpc) is 2.71. The highest BCUT2D eigenvalue weighted by atomic mass is 32.2. The Kier molecular flexibility index (Phi) is 4.03. The lowest BCUT2D eigenvalue weighted by molar-refractivity contribution is -0.150. The van der Waals surface area contributed by atoms with Crippen LogP contribution in [-0.4, -0.2) is 21.7 Å². The van der Waals surface area contributed by atoms with Crippen molar-refractivity contribution < 1.29 is 9.63 Å². The molecule has 18 heavy (non-hydrogen) atoms. The number of aromatic amines is 1. The number of nitrogens with two attached hydrogens (primary N) is 2. The van der Waals surface area contributed by atoms with E-state index in [-0.39, 0.29) is 6.42 Å². The van der Waals surface area contributed by atoms with Crippen LogP contribution in [0.2, 0.25) is 0 Å². The molecule has 8 heteroatoms. The van der Waals surface area contributed by atoms with Gasteiger partial charge in [-0.15, -0.1) is 0 Å². The number of H-pyrrole nitrogens is 1. The second-order valence-corrected chi connectivity index (χ2v) is 4.59. The molecule has 0 amide bonds. The van der Waals surface area contributed by atoms with E-state index in [1.54, 1.807) is 6.07 Å². The third-order valence-corrected chi connectivity index (χ3v) is 3.08. The summed E-state index contributed by atoms with van der Waals surface area (Å²) in [6.07, 6.45) is 0.244. The number of hydrazine groups is 1. The lowest BCUT2D eigenvalue weighted by Crippen LogP contribution is -2.26. The molecule has 0 bridgehead atoms. The number of hydrogen-bond donors (Lipinski definition) is 4. The Morgan fingerprint density at radius 2 is 2.39 bits per heavy atom. The van der Waals surface area contributed by atoms with Crippen LogP contribution in [0, 0.1) is 0 Å². The SMILES string of the molecule is NNOC(=O)CCSc1nc2ccc(N)cc2[nH]1. The Balaban J connectivity index is 1.94. The molecule has 2 aromatic rings. The first-order valence-corrected chi connectivity index (χ1v) is 6.21. The quantitative estimate of drug-likeness (QED) is 0.270. The fraction of sp³-hybridized carbons (Fsp3) is 0.200. The van der Waals surface area contributed by atoms with Crippen LogP contribution in [0.25, 0.3) is 11.0 Å². The zero-order valence-electron chi connectivity index (χ0n) is 9.47. The van der Waals surface area contributed by atoms with Crippen LogP contribution in [0.15, 0.2) is 23.4 Å². The summed E-state index contributed by atoms with van der Waals surface area (Å²) < 4.78 is 0. The monoisotopic (exact) mass is 267 g/mol. The van der Waals surface area contributed by atoms with E-state index in [2.05, 4.69) is 14.8 Å². The number of thioether (sulfide) groups is 1. The minimum Gasteiger partial charge on any atom is -0.399 e. The van der Waals surface area contributed by atoms with Gasteiger partial charge in [0.15, 0.2) is 5.16 Å². The number of rotatable bonds is 5. The predicted molar refractivity (Wildman–Crippen MR) is 69.3 cm³/mol. The summed E-state index contributed by atoms with van der Waals surface area (Å²) in [4.78, 5) is 22.9. The molecular formula is C10H13N5O2S. The Labute approximate surface area is 107 Å². The Hall–Kier alpha value is -1.77. The topological polar surface area (TPSA) is 119 Å². The molecule has 0 spiro atoms. The van der Waals surface area contributed by atoms with Gasteiger partial charge in [0.1, 0.15) is 0 Å². The number of fused-ring (bicyclic) bond motifs is 1. The van der Waals surface area contributed by atoms with Gasteiger partial charge in [0.2, 0.25) is 0 Å². The van der Waals surface area contributed by atoms with E-state index in [4.69, 9.17) is 11.6 Å². The first-order chi connectivity index (χ1) is 8.69. The summed E-state index contributed by atoms with van der Waals surface area (Å²) in [5, 5.41) is 0.740. The van der Waals surface area contributed by atoms with Gasteiger partial charge in [0, 0.05) is 11.4 Å². The van der Waals surface area contributed by atoms with Crippen LogP contribution in [-0.2, 0) is 9.63 Å². The van der Waals surface area contributed by atoms with Gasteiger partial charge in [-0.1, -0.05) is 17.4 Å². The Morgan fingerprint density at radius 3 is 3.17 bits per heavy atom. The summed E-state index contributed by atoms with van der Waals surface area (Å²) in [5.74, 6) is 4.99. The van der Waals surface area contributed by atoms with E-state index in [0.29, 0.717) is 11.4 Å². The molecule has 96 valence electrons. The second-order valence-electron chi connectivity index (χ2n) is 3.51. The highest BCUT2D eigenvalue weighted by Gasteiger charge is 2.06. The molecule has 0 aliphatic heterocycles. The fourth-order valence-corrected chi connectivity index (χ4v) is 2.23. The van der Waals surface area contributed by atoms with Gasteiger partial charge in [-0.25, -0.2) is 10.8 Å². The van der Waals surface area contributed by atoms with Crippen molar-refractivity contribution in [2.45, 2.75) is 11.6 Å². The summed E-state index contributed by atoms with van der Waals surface area (Å²) >= 11 is 1.43. The maximum atomic E-state index is 11.0. The number of imidazole rings is 1. The number of benzene rings is 1. The van der Waals surface area contributed by atoms with Gasteiger partial charge >= 0.3 is 5.97 Å². The third kappa shape index (κ3) is 3.13. The van der Waals surface area contributed by atoms with Gasteiger partial charge in [-0.2, -0.15) is 0 Å². The number of nitrogens with one attached hydrogen (secondary N) is 2. The molecule has 0 saturated heterocycles.